The third kappa shape index (κ3) is 4.02. The zero-order chi connectivity index (χ0) is 17.2. The molecule has 0 aliphatic carbocycles. The van der Waals surface area contributed by atoms with E-state index >= 15 is 0 Å². The first-order chi connectivity index (χ1) is 11.4. The van der Waals surface area contributed by atoms with Gasteiger partial charge in [0.05, 0.1) is 11.5 Å². The number of hydrogen-bond acceptors (Lipinski definition) is 6. The predicted octanol–water partition coefficient (Wildman–Crippen LogP) is -1.04. The Balaban J connectivity index is 1.51. The van der Waals surface area contributed by atoms with E-state index in [9.17, 15) is 18.0 Å². The van der Waals surface area contributed by atoms with E-state index in [2.05, 4.69) is 10.00 Å². The van der Waals surface area contributed by atoms with Gasteiger partial charge in [0.15, 0.2) is 0 Å². The van der Waals surface area contributed by atoms with Gasteiger partial charge in [-0.05, 0) is 18.9 Å². The maximum Gasteiger partial charge on any atom is 0.267 e. The van der Waals surface area contributed by atoms with Crippen molar-refractivity contribution >= 4 is 15.7 Å². The summed E-state index contributed by atoms with van der Waals surface area (Å²) in [7, 11) is -2.85. The van der Waals surface area contributed by atoms with Crippen molar-refractivity contribution in [1.29, 1.82) is 0 Å². The maximum atomic E-state index is 12.3. The molecule has 24 heavy (non-hydrogen) atoms. The lowest BCUT2D eigenvalue weighted by atomic mass is 10.1. The highest BCUT2D eigenvalue weighted by molar-refractivity contribution is 7.91. The predicted molar refractivity (Wildman–Crippen MR) is 88.3 cm³/mol. The van der Waals surface area contributed by atoms with Gasteiger partial charge in [-0.2, -0.15) is 5.10 Å². The smallest absolute Gasteiger partial charge is 0.267 e. The van der Waals surface area contributed by atoms with Crippen LogP contribution < -0.4 is 5.56 Å². The minimum Gasteiger partial charge on any atom is -0.339 e. The number of hydrogen-bond donors (Lipinski definition) is 0. The molecule has 1 amide bonds. The summed E-state index contributed by atoms with van der Waals surface area (Å²) in [6, 6.07) is 3.23. The van der Waals surface area contributed by atoms with Crippen LogP contribution in [0.5, 0.6) is 0 Å². The number of piperazine rings is 1. The van der Waals surface area contributed by atoms with Crippen molar-refractivity contribution in [3.05, 3.63) is 28.7 Å². The highest BCUT2D eigenvalue weighted by Gasteiger charge is 2.30. The van der Waals surface area contributed by atoms with Crippen LogP contribution in [0, 0.1) is 0 Å². The zero-order valence-corrected chi connectivity index (χ0v) is 14.3. The molecule has 0 aromatic carbocycles. The van der Waals surface area contributed by atoms with Gasteiger partial charge in [0.1, 0.15) is 16.4 Å². The molecule has 2 saturated heterocycles. The summed E-state index contributed by atoms with van der Waals surface area (Å²) in [6.45, 7) is 2.65. The number of sulfone groups is 1. The number of nitrogens with zero attached hydrogens (tertiary/aromatic N) is 4. The lowest BCUT2D eigenvalue weighted by Crippen LogP contribution is -2.54. The van der Waals surface area contributed by atoms with Crippen LogP contribution in [0.2, 0.25) is 0 Å². The Morgan fingerprint density at radius 2 is 1.83 bits per heavy atom. The molecule has 2 fully saturated rings. The van der Waals surface area contributed by atoms with Crippen LogP contribution in [0.25, 0.3) is 0 Å². The molecule has 0 spiro atoms. The Morgan fingerprint density at radius 3 is 2.46 bits per heavy atom. The molecule has 0 saturated carbocycles. The molecule has 3 heterocycles. The molecule has 1 aromatic rings. The van der Waals surface area contributed by atoms with Crippen molar-refractivity contribution in [2.24, 2.45) is 0 Å². The van der Waals surface area contributed by atoms with E-state index in [0.29, 0.717) is 32.0 Å². The normalized spacial score (nSPS) is 22.4. The molecule has 1 aromatic heterocycles. The van der Waals surface area contributed by atoms with E-state index in [4.69, 9.17) is 0 Å². The van der Waals surface area contributed by atoms with Gasteiger partial charge in [-0.1, -0.05) is 0 Å². The van der Waals surface area contributed by atoms with Crippen LogP contribution in [0.15, 0.2) is 23.1 Å². The first kappa shape index (κ1) is 17.1. The summed E-state index contributed by atoms with van der Waals surface area (Å²) in [6.07, 6.45) is 2.85. The van der Waals surface area contributed by atoms with Crippen molar-refractivity contribution in [2.45, 2.75) is 25.4 Å². The van der Waals surface area contributed by atoms with Crippen LogP contribution in [0.3, 0.4) is 0 Å². The number of amides is 1. The first-order valence-corrected chi connectivity index (χ1v) is 10.0. The molecular formula is C15H22N4O4S. The van der Waals surface area contributed by atoms with Crippen LogP contribution in [-0.2, 0) is 21.2 Å². The van der Waals surface area contributed by atoms with Crippen molar-refractivity contribution in [2.75, 3.05) is 37.7 Å². The van der Waals surface area contributed by atoms with Gasteiger partial charge in [0.25, 0.3) is 5.56 Å². The van der Waals surface area contributed by atoms with E-state index in [1.54, 1.807) is 11.0 Å². The Kier molecular flexibility index (Phi) is 5.00. The SMILES string of the molecule is O=C(Cn1ncccc1=O)N1CCN(C2CCS(=O)(=O)CC2)CC1. The van der Waals surface area contributed by atoms with E-state index in [0.717, 1.165) is 13.1 Å². The highest BCUT2D eigenvalue weighted by Crippen LogP contribution is 2.19. The van der Waals surface area contributed by atoms with Gasteiger partial charge in [-0.15, -0.1) is 0 Å². The summed E-state index contributed by atoms with van der Waals surface area (Å²) in [5.41, 5.74) is -0.284. The molecule has 132 valence electrons. The maximum absolute atomic E-state index is 12.3. The number of carbonyl (C=O) groups is 1. The molecule has 3 rings (SSSR count). The summed E-state index contributed by atoms with van der Waals surface area (Å²) >= 11 is 0. The molecular weight excluding hydrogens is 332 g/mol. The number of carbonyl (C=O) groups excluding carboxylic acids is 1. The second-order valence-electron chi connectivity index (χ2n) is 6.32. The summed E-state index contributed by atoms with van der Waals surface area (Å²) in [5, 5.41) is 3.90. The van der Waals surface area contributed by atoms with Gasteiger partial charge < -0.3 is 4.90 Å². The van der Waals surface area contributed by atoms with Gasteiger partial charge in [-0.3, -0.25) is 14.5 Å². The Hall–Kier alpha value is -1.74. The van der Waals surface area contributed by atoms with E-state index in [-0.39, 0.29) is 29.5 Å². The quantitative estimate of drug-likeness (QED) is 0.689. The van der Waals surface area contributed by atoms with Crippen molar-refractivity contribution in [3.8, 4) is 0 Å². The fourth-order valence-electron chi connectivity index (χ4n) is 3.31. The van der Waals surface area contributed by atoms with E-state index < -0.39 is 9.84 Å². The fraction of sp³-hybridized carbons (Fsp3) is 0.667. The molecule has 2 aliphatic rings. The molecule has 2 aliphatic heterocycles. The van der Waals surface area contributed by atoms with Crippen molar-refractivity contribution in [3.63, 3.8) is 0 Å². The number of rotatable bonds is 3. The lowest BCUT2D eigenvalue weighted by Gasteiger charge is -2.40. The first-order valence-electron chi connectivity index (χ1n) is 8.19. The molecule has 0 atom stereocenters. The summed E-state index contributed by atoms with van der Waals surface area (Å²) in [4.78, 5) is 28.0. The highest BCUT2D eigenvalue weighted by atomic mass is 32.2. The van der Waals surface area contributed by atoms with E-state index in [1.165, 1.54) is 16.9 Å². The second kappa shape index (κ2) is 7.02. The Labute approximate surface area is 141 Å². The van der Waals surface area contributed by atoms with Crippen LogP contribution in [0.4, 0.5) is 0 Å². The molecule has 0 bridgehead atoms. The molecule has 8 nitrogen and oxygen atoms in total. The van der Waals surface area contributed by atoms with Gasteiger partial charge in [0, 0.05) is 44.5 Å². The van der Waals surface area contributed by atoms with Crippen LogP contribution in [-0.4, -0.2) is 77.6 Å². The Bertz CT molecular complexity index is 739. The summed E-state index contributed by atoms with van der Waals surface area (Å²) < 4.78 is 24.2. The minimum absolute atomic E-state index is 0.0403. The number of aromatic nitrogens is 2. The third-order valence-electron chi connectivity index (χ3n) is 4.78. The third-order valence-corrected chi connectivity index (χ3v) is 6.49. The summed E-state index contributed by atoms with van der Waals surface area (Å²) in [5.74, 6) is 0.417. The average molecular weight is 354 g/mol. The monoisotopic (exact) mass is 354 g/mol. The standard InChI is InChI=1S/C15H22N4O4S/c20-14-2-1-5-16-19(14)12-15(21)18-8-6-17(7-9-18)13-3-10-24(22,23)11-4-13/h1-2,5,13H,3-4,6-12H2. The average Bonchev–Trinajstić information content (AvgIpc) is 2.57. The minimum atomic E-state index is -2.85. The van der Waals surface area contributed by atoms with Crippen LogP contribution >= 0.6 is 0 Å². The molecule has 0 unspecified atom stereocenters. The largest absolute Gasteiger partial charge is 0.339 e. The van der Waals surface area contributed by atoms with Gasteiger partial charge >= 0.3 is 0 Å². The van der Waals surface area contributed by atoms with E-state index in [1.807, 2.05) is 0 Å². The molecule has 0 N–H and O–H groups in total. The van der Waals surface area contributed by atoms with Crippen LogP contribution in [0.1, 0.15) is 12.8 Å². The van der Waals surface area contributed by atoms with Crippen molar-refractivity contribution in [1.82, 2.24) is 19.6 Å². The fourth-order valence-corrected chi connectivity index (χ4v) is 4.78. The topological polar surface area (TPSA) is 92.6 Å². The van der Waals surface area contributed by atoms with Gasteiger partial charge in [0.2, 0.25) is 5.91 Å². The van der Waals surface area contributed by atoms with Gasteiger partial charge in [-0.25, -0.2) is 13.1 Å². The van der Waals surface area contributed by atoms with Crippen molar-refractivity contribution < 1.29 is 13.2 Å². The lowest BCUT2D eigenvalue weighted by molar-refractivity contribution is -0.134. The second-order valence-corrected chi connectivity index (χ2v) is 8.62. The molecule has 9 heteroatoms. The zero-order valence-electron chi connectivity index (χ0n) is 13.5. The molecule has 0 radical (unpaired) electrons. The Morgan fingerprint density at radius 1 is 1.17 bits per heavy atom.